The number of carbonyl (C=O) groups is 1. The smallest absolute Gasteiger partial charge is 0.274 e. The molecular formula is C16H22ClN3O3. The van der Waals surface area contributed by atoms with Crippen molar-refractivity contribution in [2.45, 2.75) is 32.2 Å². The van der Waals surface area contributed by atoms with Crippen LogP contribution in [-0.2, 0) is 11.3 Å². The number of rotatable bonds is 3. The van der Waals surface area contributed by atoms with Crippen LogP contribution in [-0.4, -0.2) is 35.4 Å². The Bertz CT molecular complexity index is 582. The van der Waals surface area contributed by atoms with Crippen LogP contribution in [0, 0.1) is 15.5 Å². The first-order valence-electron chi connectivity index (χ1n) is 7.85. The number of nitro groups is 1. The Morgan fingerprint density at radius 2 is 1.91 bits per heavy atom. The lowest BCUT2D eigenvalue weighted by Crippen LogP contribution is -2.52. The van der Waals surface area contributed by atoms with Crippen LogP contribution in [0.1, 0.15) is 31.2 Å². The highest BCUT2D eigenvalue weighted by Gasteiger charge is 2.44. The first-order chi connectivity index (χ1) is 10.6. The van der Waals surface area contributed by atoms with Crippen LogP contribution < -0.4 is 5.32 Å². The zero-order valence-corrected chi connectivity index (χ0v) is 13.8. The van der Waals surface area contributed by atoms with Gasteiger partial charge in [0, 0.05) is 18.2 Å². The highest BCUT2D eigenvalue weighted by atomic mass is 35.5. The molecule has 0 unspecified atom stereocenters. The molecule has 2 saturated heterocycles. The number of amides is 1. The van der Waals surface area contributed by atoms with Crippen molar-refractivity contribution in [1.29, 1.82) is 0 Å². The standard InChI is InChI=1S/C16H21N3O3.ClH/c20-15-16(7-9-17-10-8-16)6-3-11-18(15)12-13-4-1-2-5-14(13)19(21)22;/h1-2,4-5,17H,3,6-12H2;1H. The second-order valence-electron chi connectivity index (χ2n) is 6.25. The maximum Gasteiger partial charge on any atom is 0.274 e. The van der Waals surface area contributed by atoms with Crippen molar-refractivity contribution in [3.05, 3.63) is 39.9 Å². The number of nitrogens with zero attached hydrogens (tertiary/aromatic N) is 2. The number of nitro benzene ring substituents is 1. The van der Waals surface area contributed by atoms with Crippen molar-refractivity contribution < 1.29 is 9.72 Å². The maximum absolute atomic E-state index is 12.9. The molecule has 6 nitrogen and oxygen atoms in total. The van der Waals surface area contributed by atoms with Crippen LogP contribution in [0.25, 0.3) is 0 Å². The number of nitrogens with one attached hydrogen (secondary N) is 1. The lowest BCUT2D eigenvalue weighted by Gasteiger charge is -2.44. The molecule has 0 atom stereocenters. The van der Waals surface area contributed by atoms with Crippen LogP contribution in [0.15, 0.2) is 24.3 Å². The van der Waals surface area contributed by atoms with E-state index in [-0.39, 0.29) is 34.3 Å². The third-order valence-electron chi connectivity index (χ3n) is 4.93. The van der Waals surface area contributed by atoms with Gasteiger partial charge in [-0.3, -0.25) is 14.9 Å². The summed E-state index contributed by atoms with van der Waals surface area (Å²) in [5.74, 6) is 0.179. The van der Waals surface area contributed by atoms with E-state index in [2.05, 4.69) is 5.32 Å². The fourth-order valence-electron chi connectivity index (χ4n) is 3.70. The summed E-state index contributed by atoms with van der Waals surface area (Å²) in [6.07, 6.45) is 3.67. The average Bonchev–Trinajstić information content (AvgIpc) is 2.53. The minimum Gasteiger partial charge on any atom is -0.338 e. The molecule has 0 aromatic heterocycles. The fraction of sp³-hybridized carbons (Fsp3) is 0.562. The van der Waals surface area contributed by atoms with Gasteiger partial charge in [-0.25, -0.2) is 0 Å². The van der Waals surface area contributed by atoms with Gasteiger partial charge in [-0.2, -0.15) is 0 Å². The van der Waals surface area contributed by atoms with E-state index in [0.717, 1.165) is 38.8 Å². The van der Waals surface area contributed by atoms with E-state index < -0.39 is 0 Å². The van der Waals surface area contributed by atoms with Gasteiger partial charge in [0.2, 0.25) is 5.91 Å². The van der Waals surface area contributed by atoms with Gasteiger partial charge >= 0.3 is 0 Å². The number of carbonyl (C=O) groups excluding carboxylic acids is 1. The number of piperidine rings is 2. The summed E-state index contributed by atoms with van der Waals surface area (Å²) >= 11 is 0. The minimum absolute atomic E-state index is 0. The fourth-order valence-corrected chi connectivity index (χ4v) is 3.70. The zero-order valence-electron chi connectivity index (χ0n) is 13.0. The Balaban J connectivity index is 0.00000192. The number of benzene rings is 1. The second-order valence-corrected chi connectivity index (χ2v) is 6.25. The third-order valence-corrected chi connectivity index (χ3v) is 4.93. The summed E-state index contributed by atoms with van der Waals surface area (Å²) in [6.45, 7) is 2.79. The van der Waals surface area contributed by atoms with Gasteiger partial charge in [0.05, 0.1) is 16.9 Å². The maximum atomic E-state index is 12.9. The van der Waals surface area contributed by atoms with Crippen molar-refractivity contribution in [1.82, 2.24) is 10.2 Å². The Labute approximate surface area is 141 Å². The number of likely N-dealkylation sites (tertiary alicyclic amines) is 1. The van der Waals surface area contributed by atoms with Gasteiger partial charge in [0.15, 0.2) is 0 Å². The summed E-state index contributed by atoms with van der Waals surface area (Å²) in [5, 5.41) is 14.4. The van der Waals surface area contributed by atoms with Gasteiger partial charge in [-0.05, 0) is 38.8 Å². The van der Waals surface area contributed by atoms with Crippen molar-refractivity contribution in [2.75, 3.05) is 19.6 Å². The Morgan fingerprint density at radius 1 is 1.22 bits per heavy atom. The normalized spacial score (nSPS) is 20.2. The SMILES string of the molecule is Cl.O=C1N(Cc2ccccc2[N+](=O)[O-])CCCC12CCNCC2. The van der Waals surface area contributed by atoms with Gasteiger partial charge < -0.3 is 10.2 Å². The highest BCUT2D eigenvalue weighted by Crippen LogP contribution is 2.40. The highest BCUT2D eigenvalue weighted by molar-refractivity contribution is 5.85. The van der Waals surface area contributed by atoms with Crippen molar-refractivity contribution >= 4 is 24.0 Å². The molecule has 0 aliphatic carbocycles. The summed E-state index contributed by atoms with van der Waals surface area (Å²) in [4.78, 5) is 25.5. The quantitative estimate of drug-likeness (QED) is 0.678. The average molecular weight is 340 g/mol. The van der Waals surface area contributed by atoms with E-state index in [4.69, 9.17) is 0 Å². The summed E-state index contributed by atoms with van der Waals surface area (Å²) in [5.41, 5.74) is 0.472. The third kappa shape index (κ3) is 3.48. The molecule has 0 radical (unpaired) electrons. The van der Waals surface area contributed by atoms with Crippen LogP contribution in [0.2, 0.25) is 0 Å². The Hall–Kier alpha value is -1.66. The van der Waals surface area contributed by atoms with Crippen LogP contribution >= 0.6 is 12.4 Å². The molecule has 2 fully saturated rings. The molecule has 1 spiro atoms. The molecule has 1 aromatic carbocycles. The summed E-state index contributed by atoms with van der Waals surface area (Å²) < 4.78 is 0. The van der Waals surface area contributed by atoms with Crippen LogP contribution in [0.4, 0.5) is 5.69 Å². The van der Waals surface area contributed by atoms with Crippen molar-refractivity contribution in [2.24, 2.45) is 5.41 Å². The zero-order chi connectivity index (χ0) is 15.6. The summed E-state index contributed by atoms with van der Waals surface area (Å²) in [6, 6.07) is 6.70. The molecule has 3 rings (SSSR count). The molecule has 1 aromatic rings. The molecule has 7 heteroatoms. The number of hydrogen-bond acceptors (Lipinski definition) is 4. The number of hydrogen-bond donors (Lipinski definition) is 1. The molecule has 1 amide bonds. The molecular weight excluding hydrogens is 318 g/mol. The van der Waals surface area contributed by atoms with Crippen molar-refractivity contribution in [3.63, 3.8) is 0 Å². The minimum atomic E-state index is -0.371. The largest absolute Gasteiger partial charge is 0.338 e. The van der Waals surface area contributed by atoms with Crippen molar-refractivity contribution in [3.8, 4) is 0 Å². The van der Waals surface area contributed by atoms with E-state index in [1.807, 2.05) is 4.90 Å². The summed E-state index contributed by atoms with van der Waals surface area (Å²) in [7, 11) is 0. The van der Waals surface area contributed by atoms with Crippen LogP contribution in [0.3, 0.4) is 0 Å². The second kappa shape index (κ2) is 7.27. The van der Waals surface area contributed by atoms with E-state index in [1.54, 1.807) is 18.2 Å². The molecule has 2 aliphatic heterocycles. The van der Waals surface area contributed by atoms with E-state index in [1.165, 1.54) is 6.07 Å². The van der Waals surface area contributed by atoms with Gasteiger partial charge in [0.25, 0.3) is 5.69 Å². The lowest BCUT2D eigenvalue weighted by molar-refractivity contribution is -0.385. The molecule has 126 valence electrons. The number of halogens is 1. The lowest BCUT2D eigenvalue weighted by atomic mass is 9.72. The molecule has 2 aliphatic rings. The predicted molar refractivity (Wildman–Crippen MR) is 89.5 cm³/mol. The predicted octanol–water partition coefficient (Wildman–Crippen LogP) is 2.51. The van der Waals surface area contributed by atoms with Crippen LogP contribution in [0.5, 0.6) is 0 Å². The Kier molecular flexibility index (Phi) is 5.59. The molecule has 0 bridgehead atoms. The topological polar surface area (TPSA) is 75.5 Å². The molecule has 1 N–H and O–H groups in total. The first-order valence-corrected chi connectivity index (χ1v) is 7.85. The van der Waals surface area contributed by atoms with E-state index in [9.17, 15) is 14.9 Å². The van der Waals surface area contributed by atoms with Gasteiger partial charge in [-0.1, -0.05) is 18.2 Å². The van der Waals surface area contributed by atoms with Gasteiger partial charge in [-0.15, -0.1) is 12.4 Å². The van der Waals surface area contributed by atoms with E-state index in [0.29, 0.717) is 18.7 Å². The monoisotopic (exact) mass is 339 g/mol. The first kappa shape index (κ1) is 17.7. The molecule has 0 saturated carbocycles. The molecule has 23 heavy (non-hydrogen) atoms. The van der Waals surface area contributed by atoms with E-state index >= 15 is 0 Å². The Morgan fingerprint density at radius 3 is 2.61 bits per heavy atom. The molecule has 2 heterocycles. The number of para-hydroxylation sites is 1. The van der Waals surface area contributed by atoms with Gasteiger partial charge in [0.1, 0.15) is 0 Å².